The molecule has 2 aliphatic rings. The van der Waals surface area contributed by atoms with Crippen LogP contribution in [0.2, 0.25) is 0 Å². The summed E-state index contributed by atoms with van der Waals surface area (Å²) in [5.74, 6) is 0.726. The molecule has 0 aliphatic heterocycles. The lowest BCUT2D eigenvalue weighted by Crippen LogP contribution is -2.52. The third-order valence-corrected chi connectivity index (χ3v) is 6.46. The molecule has 2 nitrogen and oxygen atoms in total. The van der Waals surface area contributed by atoms with Gasteiger partial charge < -0.3 is 10.0 Å². The Hall–Kier alpha value is -0.0800. The first-order chi connectivity index (χ1) is 9.27. The Morgan fingerprint density at radius 3 is 2.40 bits per heavy atom. The molecule has 0 aromatic heterocycles. The van der Waals surface area contributed by atoms with Gasteiger partial charge in [0.2, 0.25) is 0 Å². The molecular formula is C18H35NO. The summed E-state index contributed by atoms with van der Waals surface area (Å²) in [5.41, 5.74) is 0.928. The van der Waals surface area contributed by atoms with Crippen LogP contribution in [-0.2, 0) is 0 Å². The van der Waals surface area contributed by atoms with E-state index in [4.69, 9.17) is 0 Å². The van der Waals surface area contributed by atoms with Crippen molar-refractivity contribution in [3.8, 4) is 0 Å². The smallest absolute Gasteiger partial charge is 0.0555 e. The Morgan fingerprint density at radius 2 is 1.90 bits per heavy atom. The van der Waals surface area contributed by atoms with Crippen LogP contribution in [0, 0.1) is 16.7 Å². The summed E-state index contributed by atoms with van der Waals surface area (Å²) in [6, 6.07) is 0.561. The number of rotatable bonds is 5. The zero-order valence-corrected chi connectivity index (χ0v) is 14.3. The molecule has 2 fully saturated rings. The molecule has 20 heavy (non-hydrogen) atoms. The van der Waals surface area contributed by atoms with Crippen LogP contribution in [0.25, 0.3) is 0 Å². The molecule has 2 saturated carbocycles. The van der Waals surface area contributed by atoms with Crippen LogP contribution >= 0.6 is 0 Å². The monoisotopic (exact) mass is 281 g/mol. The van der Waals surface area contributed by atoms with E-state index in [1.165, 1.54) is 38.6 Å². The summed E-state index contributed by atoms with van der Waals surface area (Å²) < 4.78 is 0. The van der Waals surface area contributed by atoms with Gasteiger partial charge in [-0.15, -0.1) is 0 Å². The summed E-state index contributed by atoms with van der Waals surface area (Å²) in [6.07, 6.45) is 8.48. The fourth-order valence-electron chi connectivity index (χ4n) is 4.44. The molecule has 2 rings (SSSR count). The van der Waals surface area contributed by atoms with Crippen LogP contribution in [-0.4, -0.2) is 35.7 Å². The largest absolute Gasteiger partial charge is 0.393 e. The average molecular weight is 281 g/mol. The van der Waals surface area contributed by atoms with Gasteiger partial charge in [0.15, 0.2) is 0 Å². The van der Waals surface area contributed by atoms with E-state index < -0.39 is 0 Å². The molecule has 0 amide bonds. The van der Waals surface area contributed by atoms with Crippen LogP contribution in [0.1, 0.15) is 72.6 Å². The van der Waals surface area contributed by atoms with Crippen molar-refractivity contribution in [2.45, 2.75) is 84.8 Å². The molecule has 2 heteroatoms. The summed E-state index contributed by atoms with van der Waals surface area (Å²) in [7, 11) is 2.30. The van der Waals surface area contributed by atoms with Crippen molar-refractivity contribution in [3.05, 3.63) is 0 Å². The topological polar surface area (TPSA) is 23.5 Å². The van der Waals surface area contributed by atoms with Crippen molar-refractivity contribution in [2.75, 3.05) is 13.6 Å². The number of hydrogen-bond donors (Lipinski definition) is 1. The van der Waals surface area contributed by atoms with Gasteiger partial charge in [-0.1, -0.05) is 40.5 Å². The lowest BCUT2D eigenvalue weighted by Gasteiger charge is -2.50. The van der Waals surface area contributed by atoms with Gasteiger partial charge in [-0.3, -0.25) is 0 Å². The minimum absolute atomic E-state index is 0.0828. The second-order valence-corrected chi connectivity index (χ2v) is 8.56. The maximum atomic E-state index is 10.1. The number of aliphatic hydroxyl groups is 1. The molecule has 118 valence electrons. The maximum absolute atomic E-state index is 10.1. The van der Waals surface area contributed by atoms with Crippen LogP contribution in [0.15, 0.2) is 0 Å². The SMILES string of the molecule is CCC(C)(C)C1CCC(O)CC1N(C)CC1(C)CCC1. The summed E-state index contributed by atoms with van der Waals surface area (Å²) in [4.78, 5) is 2.59. The normalized spacial score (nSPS) is 34.0. The van der Waals surface area contributed by atoms with Crippen molar-refractivity contribution in [1.82, 2.24) is 4.90 Å². The van der Waals surface area contributed by atoms with E-state index in [9.17, 15) is 5.11 Å². The molecule has 3 unspecified atom stereocenters. The molecule has 0 heterocycles. The Labute approximate surface area is 125 Å². The van der Waals surface area contributed by atoms with Crippen molar-refractivity contribution >= 4 is 0 Å². The third-order valence-electron chi connectivity index (χ3n) is 6.46. The highest BCUT2D eigenvalue weighted by Gasteiger charge is 2.42. The van der Waals surface area contributed by atoms with Crippen molar-refractivity contribution in [1.29, 1.82) is 0 Å². The molecular weight excluding hydrogens is 246 g/mol. The predicted octanol–water partition coefficient (Wildman–Crippen LogP) is 4.07. The van der Waals surface area contributed by atoms with E-state index in [0.29, 0.717) is 16.9 Å². The standard InChI is InChI=1S/C18H35NO/c1-6-17(2,3)15-9-8-14(20)12-16(15)19(5)13-18(4)10-7-11-18/h14-16,20H,6-13H2,1-5H3. The van der Waals surface area contributed by atoms with Gasteiger partial charge in [0, 0.05) is 12.6 Å². The van der Waals surface area contributed by atoms with Gasteiger partial charge in [0.05, 0.1) is 6.10 Å². The lowest BCUT2D eigenvalue weighted by molar-refractivity contribution is -0.0305. The Balaban J connectivity index is 2.06. The zero-order chi connectivity index (χ0) is 15.0. The van der Waals surface area contributed by atoms with Gasteiger partial charge >= 0.3 is 0 Å². The zero-order valence-electron chi connectivity index (χ0n) is 14.3. The molecule has 3 atom stereocenters. The Bertz CT molecular complexity index is 321. The summed E-state index contributed by atoms with van der Waals surface area (Å²) >= 11 is 0. The molecule has 0 spiro atoms. The predicted molar refractivity (Wildman–Crippen MR) is 85.8 cm³/mol. The van der Waals surface area contributed by atoms with E-state index in [2.05, 4.69) is 39.6 Å². The first-order valence-corrected chi connectivity index (χ1v) is 8.66. The Kier molecular flexibility index (Phi) is 4.86. The molecule has 0 radical (unpaired) electrons. The van der Waals surface area contributed by atoms with Crippen molar-refractivity contribution in [3.63, 3.8) is 0 Å². The second kappa shape index (κ2) is 5.96. The van der Waals surface area contributed by atoms with Crippen LogP contribution in [0.5, 0.6) is 0 Å². The average Bonchev–Trinajstić information content (AvgIpc) is 2.36. The van der Waals surface area contributed by atoms with Gasteiger partial charge in [-0.2, -0.15) is 0 Å². The van der Waals surface area contributed by atoms with E-state index in [1.54, 1.807) is 0 Å². The van der Waals surface area contributed by atoms with E-state index >= 15 is 0 Å². The molecule has 0 aromatic rings. The highest BCUT2D eigenvalue weighted by atomic mass is 16.3. The van der Waals surface area contributed by atoms with E-state index in [-0.39, 0.29) is 6.10 Å². The van der Waals surface area contributed by atoms with Gasteiger partial charge in [-0.25, -0.2) is 0 Å². The lowest BCUT2D eigenvalue weighted by atomic mass is 9.65. The summed E-state index contributed by atoms with van der Waals surface area (Å²) in [6.45, 7) is 10.8. The van der Waals surface area contributed by atoms with Crippen LogP contribution in [0.4, 0.5) is 0 Å². The van der Waals surface area contributed by atoms with Gasteiger partial charge in [-0.05, 0) is 55.9 Å². The minimum Gasteiger partial charge on any atom is -0.393 e. The molecule has 2 aliphatic carbocycles. The number of nitrogens with zero attached hydrogens (tertiary/aromatic N) is 1. The molecule has 0 saturated heterocycles. The van der Waals surface area contributed by atoms with Crippen molar-refractivity contribution in [2.24, 2.45) is 16.7 Å². The van der Waals surface area contributed by atoms with Crippen LogP contribution < -0.4 is 0 Å². The Morgan fingerprint density at radius 1 is 1.25 bits per heavy atom. The highest BCUT2D eigenvalue weighted by Crippen LogP contribution is 2.45. The third kappa shape index (κ3) is 3.39. The second-order valence-electron chi connectivity index (χ2n) is 8.56. The number of aliphatic hydroxyl groups excluding tert-OH is 1. The fourth-order valence-corrected chi connectivity index (χ4v) is 4.44. The first kappa shape index (κ1) is 16.3. The maximum Gasteiger partial charge on any atom is 0.0555 e. The van der Waals surface area contributed by atoms with Gasteiger partial charge in [0.25, 0.3) is 0 Å². The minimum atomic E-state index is -0.0828. The first-order valence-electron chi connectivity index (χ1n) is 8.66. The van der Waals surface area contributed by atoms with E-state index in [0.717, 1.165) is 18.8 Å². The van der Waals surface area contributed by atoms with Gasteiger partial charge in [0.1, 0.15) is 0 Å². The molecule has 0 bridgehead atoms. The fraction of sp³-hybridized carbons (Fsp3) is 1.00. The molecule has 0 aromatic carbocycles. The highest BCUT2D eigenvalue weighted by molar-refractivity contribution is 4.95. The quantitative estimate of drug-likeness (QED) is 0.821. The van der Waals surface area contributed by atoms with Crippen molar-refractivity contribution < 1.29 is 5.11 Å². The molecule has 1 N–H and O–H groups in total. The van der Waals surface area contributed by atoms with Crippen LogP contribution in [0.3, 0.4) is 0 Å². The van der Waals surface area contributed by atoms with E-state index in [1.807, 2.05) is 0 Å². The number of hydrogen-bond acceptors (Lipinski definition) is 2. The summed E-state index contributed by atoms with van der Waals surface area (Å²) in [5, 5.41) is 10.1.